The topological polar surface area (TPSA) is 18.5 Å². The van der Waals surface area contributed by atoms with Crippen LogP contribution in [0.1, 0.15) is 47.6 Å². The second-order valence-corrected chi connectivity index (χ2v) is 7.63. The van der Waals surface area contributed by atoms with Gasteiger partial charge in [-0.15, -0.1) is 6.58 Å². The first-order chi connectivity index (χ1) is 14.9. The maximum Gasteiger partial charge on any atom is 0.416 e. The van der Waals surface area contributed by atoms with Crippen LogP contribution in [-0.4, -0.2) is 12.9 Å². The lowest BCUT2D eigenvalue weighted by Gasteiger charge is -2.38. The second-order valence-electron chi connectivity index (χ2n) is 7.63. The zero-order valence-corrected chi connectivity index (χ0v) is 17.0. The number of halogens is 7. The largest absolute Gasteiger partial charge is 0.416 e. The highest BCUT2D eigenvalue weighted by atomic mass is 19.4. The summed E-state index contributed by atoms with van der Waals surface area (Å²) in [6.07, 6.45) is -9.90. The van der Waals surface area contributed by atoms with Crippen LogP contribution in [0.4, 0.5) is 30.7 Å². The average molecular weight is 462 g/mol. The van der Waals surface area contributed by atoms with Gasteiger partial charge in [-0.2, -0.15) is 26.3 Å². The fourth-order valence-electron chi connectivity index (χ4n) is 3.81. The van der Waals surface area contributed by atoms with Crippen LogP contribution in [0, 0.1) is 11.7 Å². The third-order valence-electron chi connectivity index (χ3n) is 5.44. The minimum atomic E-state index is -4.96. The van der Waals surface area contributed by atoms with Crippen molar-refractivity contribution in [2.45, 2.75) is 44.0 Å². The predicted octanol–water partition coefficient (Wildman–Crippen LogP) is 7.27. The van der Waals surface area contributed by atoms with E-state index in [4.69, 9.17) is 9.47 Å². The summed E-state index contributed by atoms with van der Waals surface area (Å²) in [6.45, 7) is 5.37. The van der Waals surface area contributed by atoms with Crippen LogP contribution in [0.5, 0.6) is 0 Å². The zero-order valence-electron chi connectivity index (χ0n) is 17.0. The lowest BCUT2D eigenvalue weighted by Crippen LogP contribution is -2.36. The summed E-state index contributed by atoms with van der Waals surface area (Å²) in [7, 11) is 0. The summed E-state index contributed by atoms with van der Waals surface area (Å²) >= 11 is 0. The van der Waals surface area contributed by atoms with Gasteiger partial charge in [0.1, 0.15) is 5.82 Å². The Balaban J connectivity index is 1.95. The third-order valence-corrected chi connectivity index (χ3v) is 5.44. The number of hydrogen-bond acceptors (Lipinski definition) is 2. The van der Waals surface area contributed by atoms with E-state index in [9.17, 15) is 30.7 Å². The molecule has 1 aliphatic heterocycles. The SMILES string of the molecule is C=CC1CCOC(OC(C)c2cc(C(F)(F)F)cc(C(F)(F)F)c2)C1c1cccc(F)c1. The Bertz CT molecular complexity index is 920. The van der Waals surface area contributed by atoms with E-state index in [0.717, 1.165) is 0 Å². The zero-order chi connectivity index (χ0) is 23.7. The number of alkyl halides is 6. The summed E-state index contributed by atoms with van der Waals surface area (Å²) < 4.78 is 104. The third kappa shape index (κ3) is 5.50. The summed E-state index contributed by atoms with van der Waals surface area (Å²) in [4.78, 5) is 0. The smallest absolute Gasteiger partial charge is 0.352 e. The molecule has 3 rings (SSSR count). The Morgan fingerprint density at radius 2 is 1.66 bits per heavy atom. The molecule has 4 atom stereocenters. The van der Waals surface area contributed by atoms with Crippen LogP contribution in [0.3, 0.4) is 0 Å². The fourth-order valence-corrected chi connectivity index (χ4v) is 3.81. The second kappa shape index (κ2) is 9.23. The van der Waals surface area contributed by atoms with Crippen LogP contribution in [0.15, 0.2) is 55.1 Å². The summed E-state index contributed by atoms with van der Waals surface area (Å²) in [5, 5.41) is 0. The molecule has 0 aliphatic carbocycles. The van der Waals surface area contributed by atoms with Gasteiger partial charge in [0.05, 0.1) is 23.8 Å². The molecular weight excluding hydrogens is 441 g/mol. The van der Waals surface area contributed by atoms with Gasteiger partial charge < -0.3 is 9.47 Å². The Hall–Kier alpha value is -2.39. The molecule has 0 bridgehead atoms. The molecule has 0 saturated carbocycles. The van der Waals surface area contributed by atoms with Crippen LogP contribution in [0.25, 0.3) is 0 Å². The highest BCUT2D eigenvalue weighted by Gasteiger charge is 2.39. The Morgan fingerprint density at radius 3 is 2.19 bits per heavy atom. The molecule has 9 heteroatoms. The van der Waals surface area contributed by atoms with Gasteiger partial charge in [0.2, 0.25) is 0 Å². The highest BCUT2D eigenvalue weighted by Crippen LogP contribution is 2.41. The van der Waals surface area contributed by atoms with E-state index in [1.165, 1.54) is 25.1 Å². The van der Waals surface area contributed by atoms with Gasteiger partial charge in [-0.25, -0.2) is 4.39 Å². The van der Waals surface area contributed by atoms with E-state index in [0.29, 0.717) is 24.1 Å². The monoisotopic (exact) mass is 462 g/mol. The molecule has 0 N–H and O–H groups in total. The number of hydrogen-bond donors (Lipinski definition) is 0. The molecule has 174 valence electrons. The van der Waals surface area contributed by atoms with E-state index in [-0.39, 0.29) is 24.2 Å². The van der Waals surface area contributed by atoms with Crippen molar-refractivity contribution in [2.24, 2.45) is 5.92 Å². The summed E-state index contributed by atoms with van der Waals surface area (Å²) in [6, 6.07) is 7.04. The average Bonchev–Trinajstić information content (AvgIpc) is 2.72. The summed E-state index contributed by atoms with van der Waals surface area (Å²) in [5.74, 6) is -1.21. The molecule has 1 saturated heterocycles. The molecule has 1 heterocycles. The number of allylic oxidation sites excluding steroid dienone is 1. The van der Waals surface area contributed by atoms with E-state index in [1.54, 1.807) is 12.1 Å². The van der Waals surface area contributed by atoms with Crippen LogP contribution in [0.2, 0.25) is 0 Å². The Labute approximate surface area is 180 Å². The molecule has 0 amide bonds. The molecule has 4 unspecified atom stereocenters. The quantitative estimate of drug-likeness (QED) is 0.344. The predicted molar refractivity (Wildman–Crippen MR) is 103 cm³/mol. The minimum Gasteiger partial charge on any atom is -0.352 e. The van der Waals surface area contributed by atoms with Crippen molar-refractivity contribution in [3.8, 4) is 0 Å². The highest BCUT2D eigenvalue weighted by molar-refractivity contribution is 5.35. The first kappa shape index (κ1) is 24.3. The first-order valence-corrected chi connectivity index (χ1v) is 9.84. The van der Waals surface area contributed by atoms with Crippen molar-refractivity contribution in [2.75, 3.05) is 6.61 Å². The molecule has 1 aliphatic rings. The van der Waals surface area contributed by atoms with Crippen molar-refractivity contribution < 1.29 is 40.2 Å². The van der Waals surface area contributed by atoms with Gasteiger partial charge in [0, 0.05) is 5.92 Å². The Morgan fingerprint density at radius 1 is 1.03 bits per heavy atom. The molecule has 32 heavy (non-hydrogen) atoms. The normalized spacial score (nSPS) is 23.1. The first-order valence-electron chi connectivity index (χ1n) is 9.84. The van der Waals surface area contributed by atoms with E-state index in [1.807, 2.05) is 0 Å². The fraction of sp³-hybridized carbons (Fsp3) is 0.391. The molecular formula is C23H21F7O2. The molecule has 2 nitrogen and oxygen atoms in total. The molecule has 1 fully saturated rings. The number of ether oxygens (including phenoxy) is 2. The minimum absolute atomic E-state index is 0.0661. The lowest BCUT2D eigenvalue weighted by atomic mass is 9.82. The van der Waals surface area contributed by atoms with Crippen LogP contribution in [-0.2, 0) is 21.8 Å². The number of rotatable bonds is 5. The molecule has 0 spiro atoms. The maximum absolute atomic E-state index is 13.8. The van der Waals surface area contributed by atoms with Gasteiger partial charge in [0.25, 0.3) is 0 Å². The van der Waals surface area contributed by atoms with E-state index in [2.05, 4.69) is 6.58 Å². The molecule has 0 radical (unpaired) electrons. The standard InChI is InChI=1S/C23H21F7O2/c1-3-14-7-8-31-21(20(14)15-5-4-6-19(24)11-15)32-13(2)16-9-17(22(25,26)27)12-18(10-16)23(28,29)30/h3-6,9-14,20-21H,1,7-8H2,2H3. The maximum atomic E-state index is 13.8. The molecule has 2 aromatic carbocycles. The lowest BCUT2D eigenvalue weighted by molar-refractivity contribution is -0.205. The van der Waals surface area contributed by atoms with Crippen LogP contribution >= 0.6 is 0 Å². The van der Waals surface area contributed by atoms with E-state index >= 15 is 0 Å². The van der Waals surface area contributed by atoms with E-state index < -0.39 is 47.6 Å². The van der Waals surface area contributed by atoms with Gasteiger partial charge in [-0.3, -0.25) is 0 Å². The van der Waals surface area contributed by atoms with Crippen molar-refractivity contribution in [1.82, 2.24) is 0 Å². The van der Waals surface area contributed by atoms with Crippen molar-refractivity contribution in [3.63, 3.8) is 0 Å². The molecule has 0 aromatic heterocycles. The van der Waals surface area contributed by atoms with Crippen molar-refractivity contribution in [3.05, 3.63) is 83.2 Å². The van der Waals surface area contributed by atoms with Gasteiger partial charge in [-0.1, -0.05) is 18.2 Å². The van der Waals surface area contributed by atoms with Gasteiger partial charge in [0.15, 0.2) is 6.29 Å². The Kier molecular flexibility index (Phi) is 7.00. The van der Waals surface area contributed by atoms with Gasteiger partial charge in [-0.05, 0) is 60.7 Å². The van der Waals surface area contributed by atoms with Crippen LogP contribution < -0.4 is 0 Å². The number of benzene rings is 2. The summed E-state index contributed by atoms with van der Waals surface area (Å²) in [5.41, 5.74) is -2.61. The van der Waals surface area contributed by atoms with Crippen molar-refractivity contribution >= 4 is 0 Å². The van der Waals surface area contributed by atoms with Crippen molar-refractivity contribution in [1.29, 1.82) is 0 Å². The van der Waals surface area contributed by atoms with Gasteiger partial charge >= 0.3 is 12.4 Å². The molecule has 2 aromatic rings.